The molecule has 3 rings (SSSR count). The molecule has 1 aliphatic rings. The Morgan fingerprint density at radius 2 is 1.75 bits per heavy atom. The first-order valence-electron chi connectivity index (χ1n) is 12.9. The Morgan fingerprint density at radius 1 is 1.11 bits per heavy atom. The highest BCUT2D eigenvalue weighted by Gasteiger charge is 2.29. The molecule has 194 valence electrons. The van der Waals surface area contributed by atoms with E-state index in [4.69, 9.17) is 14.7 Å². The number of hydroxylamine groups is 3. The lowest BCUT2D eigenvalue weighted by Gasteiger charge is -2.47. The van der Waals surface area contributed by atoms with Gasteiger partial charge in [-0.1, -0.05) is 68.4 Å². The molecule has 0 saturated carbocycles. The van der Waals surface area contributed by atoms with Crippen molar-refractivity contribution < 1.29 is 18.9 Å². The summed E-state index contributed by atoms with van der Waals surface area (Å²) in [5, 5.41) is 24.4. The van der Waals surface area contributed by atoms with Crippen molar-refractivity contribution in [1.82, 2.24) is 5.32 Å². The molecular weight excluding hydrogens is 454 g/mol. The second-order valence-corrected chi connectivity index (χ2v) is 10.1. The van der Waals surface area contributed by atoms with Crippen molar-refractivity contribution in [3.05, 3.63) is 76.5 Å². The van der Waals surface area contributed by atoms with E-state index in [-0.39, 0.29) is 23.0 Å². The van der Waals surface area contributed by atoms with Gasteiger partial charge in [0.1, 0.15) is 25.3 Å². The molecule has 1 heterocycles. The van der Waals surface area contributed by atoms with Gasteiger partial charge in [0.15, 0.2) is 0 Å². The Balaban J connectivity index is 1.78. The number of hydrogen-bond acceptors (Lipinski definition) is 5. The summed E-state index contributed by atoms with van der Waals surface area (Å²) in [5.74, 6) is 0.351. The van der Waals surface area contributed by atoms with Gasteiger partial charge in [0.2, 0.25) is 5.91 Å². The molecule has 2 atom stereocenters. The van der Waals surface area contributed by atoms with E-state index in [1.165, 1.54) is 5.56 Å². The van der Waals surface area contributed by atoms with Gasteiger partial charge in [0.05, 0.1) is 25.8 Å². The second kappa shape index (κ2) is 13.5. The molecule has 7 heteroatoms. The first-order valence-corrected chi connectivity index (χ1v) is 12.9. The molecule has 0 unspecified atom stereocenters. The second-order valence-electron chi connectivity index (χ2n) is 10.1. The summed E-state index contributed by atoms with van der Waals surface area (Å²) in [6, 6.07) is 20.3. The molecule has 1 N–H and O–H groups in total. The highest BCUT2D eigenvalue weighted by Crippen LogP contribution is 2.34. The summed E-state index contributed by atoms with van der Waals surface area (Å²) >= 11 is 0. The smallest absolute Gasteiger partial charge is 0.250 e. The fourth-order valence-corrected chi connectivity index (χ4v) is 4.83. The van der Waals surface area contributed by atoms with E-state index in [0.29, 0.717) is 38.6 Å². The highest BCUT2D eigenvalue weighted by atomic mass is 16.6. The number of carbonyl (C=O) groups is 1. The number of carbonyl (C=O) groups excluding carboxylic acids is 1. The molecule has 1 aliphatic heterocycles. The van der Waals surface area contributed by atoms with Crippen LogP contribution in [-0.2, 0) is 14.3 Å². The maximum atomic E-state index is 12.8. The molecule has 0 aliphatic carbocycles. The summed E-state index contributed by atoms with van der Waals surface area (Å²) < 4.78 is 11.4. The number of piperidine rings is 1. The summed E-state index contributed by atoms with van der Waals surface area (Å²) in [4.78, 5) is 12.8. The number of likely N-dealkylation sites (tertiary alicyclic amines) is 1. The summed E-state index contributed by atoms with van der Waals surface area (Å²) in [6.45, 7) is 6.29. The number of methoxy groups -OCH3 is 1. The highest BCUT2D eigenvalue weighted by molar-refractivity contribution is 5.81. The topological polar surface area (TPSA) is 94.4 Å². The number of nitriles is 1. The van der Waals surface area contributed by atoms with Gasteiger partial charge in [-0.25, -0.2) is 0 Å². The van der Waals surface area contributed by atoms with E-state index in [2.05, 4.69) is 43.4 Å². The average Bonchev–Trinajstić information content (AvgIpc) is 2.89. The van der Waals surface area contributed by atoms with Crippen molar-refractivity contribution >= 4 is 5.91 Å². The Labute approximate surface area is 215 Å². The predicted octanol–water partition coefficient (Wildman–Crippen LogP) is 4.69. The Hall–Kier alpha value is -2.76. The monoisotopic (exact) mass is 493 g/mol. The Morgan fingerprint density at radius 3 is 2.33 bits per heavy atom. The average molecular weight is 494 g/mol. The van der Waals surface area contributed by atoms with Crippen LogP contribution in [0.25, 0.3) is 0 Å². The minimum Gasteiger partial charge on any atom is -0.633 e. The number of amides is 1. The molecule has 0 aromatic heterocycles. The molecule has 0 radical (unpaired) electrons. The van der Waals surface area contributed by atoms with E-state index in [1.54, 1.807) is 7.11 Å². The van der Waals surface area contributed by atoms with Crippen LogP contribution in [0.5, 0.6) is 0 Å². The molecule has 1 fully saturated rings. The number of nitrogens with zero attached hydrogens (tertiary/aromatic N) is 2. The largest absolute Gasteiger partial charge is 0.633 e. The van der Waals surface area contributed by atoms with Crippen LogP contribution in [0.15, 0.2) is 54.6 Å². The Kier molecular flexibility index (Phi) is 10.4. The van der Waals surface area contributed by atoms with Crippen molar-refractivity contribution in [3.8, 4) is 6.07 Å². The van der Waals surface area contributed by atoms with Crippen LogP contribution in [0.4, 0.5) is 0 Å². The van der Waals surface area contributed by atoms with E-state index in [0.717, 1.165) is 24.0 Å². The zero-order valence-electron chi connectivity index (χ0n) is 21.7. The summed E-state index contributed by atoms with van der Waals surface area (Å²) in [5.41, 5.74) is 3.17. The van der Waals surface area contributed by atoms with E-state index in [9.17, 15) is 10.0 Å². The van der Waals surface area contributed by atoms with Crippen molar-refractivity contribution in [1.29, 1.82) is 5.26 Å². The zero-order valence-corrected chi connectivity index (χ0v) is 21.7. The summed E-state index contributed by atoms with van der Waals surface area (Å²) in [6.07, 6.45) is 1.19. The van der Waals surface area contributed by atoms with Gasteiger partial charge in [0, 0.05) is 20.0 Å². The van der Waals surface area contributed by atoms with Crippen LogP contribution < -0.4 is 5.32 Å². The fraction of sp³-hybridized carbons (Fsp3) is 0.517. The SMILES string of the molecule is COCC[N+]1([O-])CCC(c2ccc([C@H](O[C@@H](CC(C)C)C(=O)NCC#N)c3ccccc3)cc2)CC1. The first kappa shape index (κ1) is 27.8. The maximum Gasteiger partial charge on any atom is 0.250 e. The molecule has 7 nitrogen and oxygen atoms in total. The quantitative estimate of drug-likeness (QED) is 0.263. The Bertz CT molecular complexity index is 980. The zero-order chi connectivity index (χ0) is 26.0. The van der Waals surface area contributed by atoms with Crippen LogP contribution in [0.2, 0.25) is 0 Å². The number of hydrogen-bond donors (Lipinski definition) is 1. The van der Waals surface area contributed by atoms with Gasteiger partial charge in [-0.3, -0.25) is 4.79 Å². The van der Waals surface area contributed by atoms with Crippen LogP contribution in [0.3, 0.4) is 0 Å². The number of ether oxygens (including phenoxy) is 2. The third-order valence-electron chi connectivity index (χ3n) is 6.91. The molecular formula is C29H39N3O4. The lowest BCUT2D eigenvalue weighted by atomic mass is 9.88. The van der Waals surface area contributed by atoms with Crippen LogP contribution in [-0.4, -0.2) is 56.6 Å². The third kappa shape index (κ3) is 7.87. The van der Waals surface area contributed by atoms with Gasteiger partial charge in [-0.15, -0.1) is 0 Å². The van der Waals surface area contributed by atoms with Gasteiger partial charge in [-0.05, 0) is 34.9 Å². The molecule has 1 amide bonds. The number of quaternary nitrogens is 1. The molecule has 2 aromatic rings. The standard InChI is InChI=1S/C29H39N3O4/c1-22(2)21-27(29(33)31-16-15-30)36-28(25-7-5-4-6-8-25)26-11-9-23(10-12-26)24-13-17-32(34,18-14-24)19-20-35-3/h4-12,22,24,27-28H,13-14,16-21H2,1-3H3,(H,31,33)/t24?,27-,28+,32?/m0/s1. The molecule has 0 bridgehead atoms. The van der Waals surface area contributed by atoms with Gasteiger partial charge >= 0.3 is 0 Å². The molecule has 2 aromatic carbocycles. The predicted molar refractivity (Wildman–Crippen MR) is 140 cm³/mol. The minimum atomic E-state index is -0.670. The van der Waals surface area contributed by atoms with E-state index < -0.39 is 12.2 Å². The molecule has 36 heavy (non-hydrogen) atoms. The van der Waals surface area contributed by atoms with E-state index >= 15 is 0 Å². The van der Waals surface area contributed by atoms with Crippen LogP contribution in [0.1, 0.15) is 61.8 Å². The molecule has 1 saturated heterocycles. The van der Waals surface area contributed by atoms with Crippen molar-refractivity contribution in [2.24, 2.45) is 5.92 Å². The van der Waals surface area contributed by atoms with E-state index in [1.807, 2.05) is 36.4 Å². The number of nitrogens with one attached hydrogen (secondary N) is 1. The van der Waals surface area contributed by atoms with Gasteiger partial charge in [-0.2, -0.15) is 5.26 Å². The maximum absolute atomic E-state index is 12.8. The van der Waals surface area contributed by atoms with Crippen LogP contribution in [0, 0.1) is 22.5 Å². The minimum absolute atomic E-state index is 0.0439. The van der Waals surface area contributed by atoms with Crippen molar-refractivity contribution in [2.75, 3.05) is 39.9 Å². The lowest BCUT2D eigenvalue weighted by Crippen LogP contribution is -2.49. The fourth-order valence-electron chi connectivity index (χ4n) is 4.83. The van der Waals surface area contributed by atoms with Gasteiger partial charge < -0.3 is 24.6 Å². The third-order valence-corrected chi connectivity index (χ3v) is 6.91. The number of benzene rings is 2. The lowest BCUT2D eigenvalue weighted by molar-refractivity contribution is -0.886. The number of rotatable bonds is 12. The van der Waals surface area contributed by atoms with Crippen LogP contribution >= 0.6 is 0 Å². The van der Waals surface area contributed by atoms with Crippen molar-refractivity contribution in [2.45, 2.75) is 51.2 Å². The molecule has 0 spiro atoms. The summed E-state index contributed by atoms with van der Waals surface area (Å²) in [7, 11) is 1.64. The normalized spacial score (nSPS) is 21.5. The van der Waals surface area contributed by atoms with Crippen molar-refractivity contribution in [3.63, 3.8) is 0 Å². The first-order chi connectivity index (χ1) is 17.3. The van der Waals surface area contributed by atoms with Gasteiger partial charge in [0.25, 0.3) is 0 Å².